The Bertz CT molecular complexity index is 1130. The Balaban J connectivity index is 1.62. The third kappa shape index (κ3) is 4.79. The maximum atomic E-state index is 14.3. The Morgan fingerprint density at radius 3 is 2.84 bits per heavy atom. The molecule has 1 heterocycles. The fourth-order valence-electron chi connectivity index (χ4n) is 4.07. The van der Waals surface area contributed by atoms with Crippen LogP contribution in [0.15, 0.2) is 54.7 Å². The molecule has 0 bridgehead atoms. The van der Waals surface area contributed by atoms with Gasteiger partial charge in [-0.05, 0) is 61.1 Å². The minimum Gasteiger partial charge on any atom is -0.393 e. The molecule has 2 N–H and O–H groups in total. The number of fused-ring (bicyclic) bond motifs is 1. The number of hydrogen-bond acceptors (Lipinski definition) is 5. The lowest BCUT2D eigenvalue weighted by Gasteiger charge is -2.21. The van der Waals surface area contributed by atoms with Crippen molar-refractivity contribution < 1.29 is 18.6 Å². The number of rotatable bonds is 7. The molecule has 0 aliphatic heterocycles. The van der Waals surface area contributed by atoms with Gasteiger partial charge >= 0.3 is 0 Å². The van der Waals surface area contributed by atoms with Crippen molar-refractivity contribution in [2.24, 2.45) is 0 Å². The Morgan fingerprint density at radius 2 is 2.09 bits per heavy atom. The van der Waals surface area contributed by atoms with Crippen LogP contribution in [0.5, 0.6) is 0 Å². The van der Waals surface area contributed by atoms with Crippen molar-refractivity contribution in [1.29, 1.82) is 0 Å². The molecule has 0 fully saturated rings. The molecule has 32 heavy (non-hydrogen) atoms. The minimum atomic E-state index is -3.05. The molecule has 2 aromatic carbocycles. The molecule has 4 rings (SSSR count). The second-order valence-corrected chi connectivity index (χ2v) is 8.28. The first kappa shape index (κ1) is 22.3. The molecule has 2 atom stereocenters. The maximum Gasteiger partial charge on any atom is 0.296 e. The molecule has 7 heteroatoms. The number of nitrogens with one attached hydrogen (secondary N) is 1. The smallest absolute Gasteiger partial charge is 0.296 e. The molecule has 1 aromatic heterocycles. The molecule has 0 amide bonds. The van der Waals surface area contributed by atoms with Gasteiger partial charge in [-0.25, -0.2) is 0 Å². The Hall–Kier alpha value is -2.90. The number of anilines is 1. The third-order valence-corrected chi connectivity index (χ3v) is 5.90. The number of aliphatic hydroxyl groups is 1. The summed E-state index contributed by atoms with van der Waals surface area (Å²) in [5, 5.41) is 22.4. The maximum absolute atomic E-state index is 14.3. The van der Waals surface area contributed by atoms with Crippen LogP contribution in [0.3, 0.4) is 0 Å². The van der Waals surface area contributed by atoms with Crippen molar-refractivity contribution in [3.8, 4) is 0 Å². The Morgan fingerprint density at radius 1 is 1.25 bits per heavy atom. The van der Waals surface area contributed by atoms with Crippen molar-refractivity contribution >= 4 is 22.2 Å². The van der Waals surface area contributed by atoms with Gasteiger partial charge in [-0.2, -0.15) is 19.0 Å². The van der Waals surface area contributed by atoms with Gasteiger partial charge in [0, 0.05) is 24.1 Å². The van der Waals surface area contributed by atoms with E-state index in [0.717, 1.165) is 40.6 Å². The summed E-state index contributed by atoms with van der Waals surface area (Å²) >= 11 is 0. The average Bonchev–Trinajstić information content (AvgIpc) is 2.79. The van der Waals surface area contributed by atoms with Crippen LogP contribution in [0.25, 0.3) is 16.5 Å². The summed E-state index contributed by atoms with van der Waals surface area (Å²) in [5.74, 6) is -3.05. The van der Waals surface area contributed by atoms with Gasteiger partial charge in [0.05, 0.1) is 23.5 Å². The van der Waals surface area contributed by atoms with Crippen LogP contribution in [-0.4, -0.2) is 35.1 Å². The highest BCUT2D eigenvalue weighted by atomic mass is 19.3. The van der Waals surface area contributed by atoms with E-state index in [1.807, 2.05) is 25.1 Å². The lowest BCUT2D eigenvalue weighted by atomic mass is 9.91. The highest BCUT2D eigenvalue weighted by Gasteiger charge is 2.31. The van der Waals surface area contributed by atoms with Crippen LogP contribution >= 0.6 is 0 Å². The summed E-state index contributed by atoms with van der Waals surface area (Å²) in [4.78, 5) is 0. The summed E-state index contributed by atoms with van der Waals surface area (Å²) in [5.41, 5.74) is 4.51. The molecule has 1 aliphatic rings. The molecule has 3 aromatic rings. The molecular formula is C25H27F2N3O2. The van der Waals surface area contributed by atoms with Gasteiger partial charge in [0.2, 0.25) is 0 Å². The van der Waals surface area contributed by atoms with E-state index in [-0.39, 0.29) is 17.7 Å². The van der Waals surface area contributed by atoms with E-state index in [4.69, 9.17) is 0 Å². The average molecular weight is 440 g/mol. The van der Waals surface area contributed by atoms with Gasteiger partial charge in [0.15, 0.2) is 0 Å². The first-order valence-corrected chi connectivity index (χ1v) is 10.7. The van der Waals surface area contributed by atoms with Gasteiger partial charge in [0.25, 0.3) is 5.92 Å². The van der Waals surface area contributed by atoms with Gasteiger partial charge in [0.1, 0.15) is 6.61 Å². The fourth-order valence-corrected chi connectivity index (χ4v) is 4.07. The standard InChI is InChI=1S/C25H27F2N3O2/c1-16(18-4-3-5-20(12-18)25(26,27)15-32-2)29-24-14-28-30-23-11-8-19(13-22(23)24)17-6-9-21(31)10-7-17/h3-6,8,11-14,16,21,31H,7,9-10,15H2,1-2H3,(H,29,30)/t16-,21?/m1/s1. The van der Waals surface area contributed by atoms with E-state index >= 15 is 0 Å². The van der Waals surface area contributed by atoms with Crippen molar-refractivity contribution in [3.63, 3.8) is 0 Å². The Labute approximate surface area is 186 Å². The normalized spacial score (nSPS) is 17.8. The second kappa shape index (κ2) is 9.30. The Kier molecular flexibility index (Phi) is 6.48. The fraction of sp³-hybridized carbons (Fsp3) is 0.360. The predicted molar refractivity (Wildman–Crippen MR) is 122 cm³/mol. The lowest BCUT2D eigenvalue weighted by Crippen LogP contribution is -2.20. The number of aliphatic hydroxyl groups excluding tert-OH is 1. The summed E-state index contributed by atoms with van der Waals surface area (Å²) in [7, 11) is 1.27. The van der Waals surface area contributed by atoms with Crippen LogP contribution in [0, 0.1) is 0 Å². The highest BCUT2D eigenvalue weighted by Crippen LogP contribution is 2.33. The van der Waals surface area contributed by atoms with E-state index in [2.05, 4.69) is 32.4 Å². The number of aromatic nitrogens is 2. The van der Waals surface area contributed by atoms with Crippen LogP contribution in [0.4, 0.5) is 14.5 Å². The number of benzene rings is 2. The van der Waals surface area contributed by atoms with Gasteiger partial charge in [-0.1, -0.05) is 30.3 Å². The van der Waals surface area contributed by atoms with E-state index in [9.17, 15) is 13.9 Å². The van der Waals surface area contributed by atoms with Gasteiger partial charge < -0.3 is 15.2 Å². The molecule has 1 aliphatic carbocycles. The van der Waals surface area contributed by atoms with Crippen LogP contribution in [0.2, 0.25) is 0 Å². The summed E-state index contributed by atoms with van der Waals surface area (Å²) in [6, 6.07) is 12.2. The number of methoxy groups -OCH3 is 1. The molecule has 0 spiro atoms. The van der Waals surface area contributed by atoms with Crippen molar-refractivity contribution in [2.75, 3.05) is 19.0 Å². The predicted octanol–water partition coefficient (Wildman–Crippen LogP) is 5.47. The zero-order valence-electron chi connectivity index (χ0n) is 18.2. The SMILES string of the molecule is COCC(F)(F)c1cccc([C@@H](C)Nc2cnnc3ccc(C4=CCC(O)CC4)cc23)c1. The third-order valence-electron chi connectivity index (χ3n) is 5.90. The quantitative estimate of drug-likeness (QED) is 0.511. The van der Waals surface area contributed by atoms with Crippen molar-refractivity contribution in [3.05, 3.63) is 71.4 Å². The molecule has 0 saturated heterocycles. The number of alkyl halides is 2. The zero-order valence-corrected chi connectivity index (χ0v) is 18.2. The number of nitrogens with zero attached hydrogens (tertiary/aromatic N) is 2. The lowest BCUT2D eigenvalue weighted by molar-refractivity contribution is -0.0698. The minimum absolute atomic E-state index is 0.0723. The van der Waals surface area contributed by atoms with Gasteiger partial charge in [-0.15, -0.1) is 0 Å². The first-order valence-electron chi connectivity index (χ1n) is 10.7. The molecule has 0 radical (unpaired) electrons. The zero-order chi connectivity index (χ0) is 22.7. The monoisotopic (exact) mass is 439 g/mol. The van der Waals surface area contributed by atoms with Gasteiger partial charge in [-0.3, -0.25) is 0 Å². The summed E-state index contributed by atoms with van der Waals surface area (Å²) in [6.07, 6.45) is 5.72. The number of ether oxygens (including phenoxy) is 1. The van der Waals surface area contributed by atoms with Crippen LogP contribution < -0.4 is 5.32 Å². The van der Waals surface area contributed by atoms with E-state index in [1.54, 1.807) is 12.3 Å². The molecular weight excluding hydrogens is 412 g/mol. The number of allylic oxidation sites excluding steroid dienone is 1. The van der Waals surface area contributed by atoms with E-state index < -0.39 is 12.5 Å². The summed E-state index contributed by atoms with van der Waals surface area (Å²) in [6.45, 7) is 1.27. The number of halogens is 2. The van der Waals surface area contributed by atoms with E-state index in [1.165, 1.54) is 24.8 Å². The molecule has 168 valence electrons. The number of hydrogen-bond donors (Lipinski definition) is 2. The van der Waals surface area contributed by atoms with Crippen LogP contribution in [0.1, 0.15) is 48.9 Å². The molecule has 1 unspecified atom stereocenters. The van der Waals surface area contributed by atoms with Crippen molar-refractivity contribution in [2.45, 2.75) is 44.3 Å². The first-order chi connectivity index (χ1) is 15.4. The topological polar surface area (TPSA) is 67.3 Å². The second-order valence-electron chi connectivity index (χ2n) is 8.28. The molecule has 5 nitrogen and oxygen atoms in total. The van der Waals surface area contributed by atoms with E-state index in [0.29, 0.717) is 6.42 Å². The van der Waals surface area contributed by atoms with Crippen molar-refractivity contribution in [1.82, 2.24) is 10.2 Å². The van der Waals surface area contributed by atoms with Crippen LogP contribution in [-0.2, 0) is 10.7 Å². The highest BCUT2D eigenvalue weighted by molar-refractivity contribution is 5.93. The largest absolute Gasteiger partial charge is 0.393 e. The molecule has 0 saturated carbocycles. The summed E-state index contributed by atoms with van der Waals surface area (Å²) < 4.78 is 33.3.